The zero-order valence-corrected chi connectivity index (χ0v) is 32.5. The molecule has 52 heavy (non-hydrogen) atoms. The Balaban J connectivity index is 0.000000213. The zero-order valence-electron chi connectivity index (χ0n) is 28.1. The molecule has 9 nitrogen and oxygen atoms in total. The number of fused-ring (bicyclic) bond motifs is 1. The first-order valence-corrected chi connectivity index (χ1v) is 16.4. The minimum atomic E-state index is -0.719. The number of para-hydroxylation sites is 3. The van der Waals surface area contributed by atoms with Crippen LogP contribution in [0.3, 0.4) is 0 Å². The van der Waals surface area contributed by atoms with Crippen molar-refractivity contribution in [1.82, 2.24) is 0 Å². The number of hydrogen-bond donors (Lipinski definition) is 1. The van der Waals surface area contributed by atoms with Crippen molar-refractivity contribution in [2.45, 2.75) is 30.9 Å². The number of hydrogen-bond acceptors (Lipinski definition) is 8. The molecule has 0 bridgehead atoms. The summed E-state index contributed by atoms with van der Waals surface area (Å²) in [6, 6.07) is 44.2. The van der Waals surface area contributed by atoms with E-state index in [1.807, 2.05) is 36.4 Å². The van der Waals surface area contributed by atoms with Crippen molar-refractivity contribution in [3.63, 3.8) is 0 Å². The summed E-state index contributed by atoms with van der Waals surface area (Å²) in [6.45, 7) is 2.98. The van der Waals surface area contributed by atoms with Gasteiger partial charge in [0.05, 0.1) is 45.4 Å². The normalized spacial score (nSPS) is 13.2. The van der Waals surface area contributed by atoms with E-state index in [1.54, 1.807) is 91.0 Å². The zero-order chi connectivity index (χ0) is 36.8. The standard InChI is InChI=1S/C16H12NO2.C15H10N2O2.C10H8BrNO.Y/c1-12(18)16(19-15-8-3-2-4-9-15)14-7-5-6-13(10-14)11-17;16-9-10-4-3-5-11(8-10)14-15(18)17-12-6-1-2-7-13(12)19-14;1-7(13)10(11)9-4-2-3-8(5-9)6-12;/h2-8,10,16H,1H3;1-8,14H,(H,17,18);2-5,10H,1H3;/q-1;;;/t16-;14-;;/m10../s1. The van der Waals surface area contributed by atoms with Crippen LogP contribution in [-0.4, -0.2) is 17.5 Å². The fourth-order valence-corrected chi connectivity index (χ4v) is 5.06. The predicted molar refractivity (Wildman–Crippen MR) is 194 cm³/mol. The van der Waals surface area contributed by atoms with Crippen LogP contribution in [0.25, 0.3) is 0 Å². The van der Waals surface area contributed by atoms with Crippen LogP contribution in [0.15, 0.2) is 121 Å². The molecular formula is C41H30BrN4O5Y-. The molecule has 0 aromatic heterocycles. The van der Waals surface area contributed by atoms with E-state index in [0.717, 1.165) is 5.56 Å². The van der Waals surface area contributed by atoms with Crippen molar-refractivity contribution in [3.05, 3.63) is 161 Å². The first kappa shape index (κ1) is 41.0. The third kappa shape index (κ3) is 11.6. The van der Waals surface area contributed by atoms with Gasteiger partial charge in [-0.15, -0.1) is 12.1 Å². The van der Waals surface area contributed by atoms with Crippen molar-refractivity contribution in [3.8, 4) is 29.7 Å². The second-order valence-electron chi connectivity index (χ2n) is 11.0. The Labute approximate surface area is 335 Å². The topological polar surface area (TPSA) is 153 Å². The SMILES string of the molecule is CC(=O)C(Br)c1cccc(C#N)c1.CC(=O)[C@@H](Oc1[c-]cccc1)c1cccc(C#N)c1.N#Cc1cccc([C@@H]2Oc3ccccc3NC2=O)c1.[Y]. The molecule has 5 aromatic rings. The molecule has 0 fully saturated rings. The molecule has 1 heterocycles. The van der Waals surface area contributed by atoms with Gasteiger partial charge in [0.25, 0.3) is 5.91 Å². The number of amides is 1. The van der Waals surface area contributed by atoms with Crippen LogP contribution in [0.1, 0.15) is 64.3 Å². The molecular weight excluding hydrogens is 797 g/mol. The number of nitriles is 3. The molecule has 0 spiro atoms. The van der Waals surface area contributed by atoms with Crippen LogP contribution in [0.2, 0.25) is 0 Å². The summed E-state index contributed by atoms with van der Waals surface area (Å²) in [5.74, 6) is 0.829. The molecule has 11 heteroatoms. The van der Waals surface area contributed by atoms with E-state index < -0.39 is 12.2 Å². The first-order chi connectivity index (χ1) is 24.6. The van der Waals surface area contributed by atoms with Gasteiger partial charge in [-0.1, -0.05) is 64.5 Å². The number of halogens is 1. The number of ketones is 2. The predicted octanol–water partition coefficient (Wildman–Crippen LogP) is 8.28. The maximum Gasteiger partial charge on any atom is 0.270 e. The summed E-state index contributed by atoms with van der Waals surface area (Å²) in [6.07, 6.45) is -1.44. The van der Waals surface area contributed by atoms with E-state index in [-0.39, 0.29) is 55.0 Å². The van der Waals surface area contributed by atoms with Gasteiger partial charge in [0.15, 0.2) is 11.9 Å². The fourth-order valence-electron chi connectivity index (χ4n) is 4.78. The van der Waals surface area contributed by atoms with Gasteiger partial charge in [-0.3, -0.25) is 14.4 Å². The van der Waals surface area contributed by atoms with Crippen LogP contribution in [0.4, 0.5) is 5.69 Å². The molecule has 1 radical (unpaired) electrons. The van der Waals surface area contributed by atoms with Crippen LogP contribution in [-0.2, 0) is 47.1 Å². The van der Waals surface area contributed by atoms with E-state index in [1.165, 1.54) is 13.8 Å². The van der Waals surface area contributed by atoms with Gasteiger partial charge >= 0.3 is 0 Å². The molecule has 1 N–H and O–H groups in total. The fraction of sp³-hybridized carbons (Fsp3) is 0.122. The van der Waals surface area contributed by atoms with Crippen LogP contribution in [0, 0.1) is 40.1 Å². The largest absolute Gasteiger partial charge is 0.504 e. The van der Waals surface area contributed by atoms with Crippen molar-refractivity contribution < 1.29 is 56.6 Å². The number of alkyl halides is 1. The molecule has 3 atom stereocenters. The smallest absolute Gasteiger partial charge is 0.270 e. The molecule has 1 aliphatic rings. The van der Waals surface area contributed by atoms with Crippen LogP contribution < -0.4 is 14.8 Å². The van der Waals surface area contributed by atoms with Crippen molar-refractivity contribution in [2.24, 2.45) is 0 Å². The van der Waals surface area contributed by atoms with E-state index in [9.17, 15) is 14.4 Å². The van der Waals surface area contributed by atoms with Crippen molar-refractivity contribution >= 4 is 39.1 Å². The van der Waals surface area contributed by atoms with E-state index in [4.69, 9.17) is 25.3 Å². The number of benzene rings is 5. The Kier molecular flexibility index (Phi) is 16.1. The third-order valence-corrected chi connectivity index (χ3v) is 8.40. The Morgan fingerprint density at radius 3 is 1.94 bits per heavy atom. The summed E-state index contributed by atoms with van der Waals surface area (Å²) >= 11 is 3.25. The quantitative estimate of drug-likeness (QED) is 0.127. The summed E-state index contributed by atoms with van der Waals surface area (Å²) < 4.78 is 11.4. The van der Waals surface area contributed by atoms with Gasteiger partial charge < -0.3 is 14.8 Å². The van der Waals surface area contributed by atoms with Crippen LogP contribution in [0.5, 0.6) is 11.5 Å². The third-order valence-electron chi connectivity index (χ3n) is 7.22. The average Bonchev–Trinajstić information content (AvgIpc) is 3.17. The van der Waals surface area contributed by atoms with Gasteiger partial charge in [0.2, 0.25) is 6.10 Å². The molecule has 6 rings (SSSR count). The number of nitrogens with zero attached hydrogens (tertiary/aromatic N) is 3. The second kappa shape index (κ2) is 20.4. The monoisotopic (exact) mass is 826 g/mol. The minimum Gasteiger partial charge on any atom is -0.504 e. The van der Waals surface area contributed by atoms with Crippen molar-refractivity contribution in [2.75, 3.05) is 5.32 Å². The molecule has 1 amide bonds. The van der Waals surface area contributed by atoms with Crippen molar-refractivity contribution in [1.29, 1.82) is 15.8 Å². The van der Waals surface area contributed by atoms with Gasteiger partial charge in [-0.2, -0.15) is 34.0 Å². The number of carbonyl (C=O) groups excluding carboxylic acids is 3. The maximum atomic E-state index is 12.0. The number of carbonyl (C=O) groups is 3. The Hall–Kier alpha value is -5.44. The van der Waals surface area contributed by atoms with Gasteiger partial charge in [-0.25, -0.2) is 0 Å². The average molecular weight is 828 g/mol. The number of anilines is 1. The summed E-state index contributed by atoms with van der Waals surface area (Å²) in [5.41, 5.74) is 4.42. The summed E-state index contributed by atoms with van der Waals surface area (Å²) in [5, 5.41) is 29.2. The van der Waals surface area contributed by atoms with E-state index in [0.29, 0.717) is 45.0 Å². The van der Waals surface area contributed by atoms with E-state index in [2.05, 4.69) is 39.5 Å². The number of rotatable bonds is 7. The van der Waals surface area contributed by atoms with Crippen LogP contribution >= 0.6 is 15.9 Å². The summed E-state index contributed by atoms with van der Waals surface area (Å²) in [4.78, 5) is 34.5. The Bertz CT molecular complexity index is 2100. The van der Waals surface area contributed by atoms with Gasteiger partial charge in [0.1, 0.15) is 11.5 Å². The second-order valence-corrected chi connectivity index (χ2v) is 11.9. The summed E-state index contributed by atoms with van der Waals surface area (Å²) in [7, 11) is 0. The Morgan fingerprint density at radius 2 is 1.35 bits per heavy atom. The number of nitrogens with one attached hydrogen (secondary N) is 1. The first-order valence-electron chi connectivity index (χ1n) is 15.5. The molecule has 1 unspecified atom stereocenters. The van der Waals surface area contributed by atoms with Gasteiger partial charge in [0, 0.05) is 49.6 Å². The van der Waals surface area contributed by atoms with E-state index >= 15 is 0 Å². The van der Waals surface area contributed by atoms with Gasteiger partial charge in [-0.05, 0) is 67.9 Å². The molecule has 0 saturated heterocycles. The number of ether oxygens (including phenoxy) is 2. The molecule has 5 aromatic carbocycles. The Morgan fingerprint density at radius 1 is 0.769 bits per heavy atom. The minimum absolute atomic E-state index is 0. The molecule has 255 valence electrons. The number of Topliss-reactive ketones (excluding diaryl/α,β-unsaturated/α-hetero) is 2. The molecule has 0 saturated carbocycles. The molecule has 0 aliphatic carbocycles. The molecule has 1 aliphatic heterocycles. The maximum absolute atomic E-state index is 12.0.